The highest BCUT2D eigenvalue weighted by Crippen LogP contribution is 2.42. The van der Waals surface area contributed by atoms with E-state index in [0.717, 1.165) is 0 Å². The lowest BCUT2D eigenvalue weighted by molar-refractivity contribution is 1.10. The quantitative estimate of drug-likeness (QED) is 0.641. The van der Waals surface area contributed by atoms with Gasteiger partial charge in [-0.25, -0.2) is 0 Å². The Kier molecular flexibility index (Phi) is 3.62. The van der Waals surface area contributed by atoms with Crippen LogP contribution in [0.1, 0.15) is 34.7 Å². The molecule has 0 N–H and O–H groups in total. The number of hydrogen-bond donors (Lipinski definition) is 0. The molecule has 0 heterocycles. The fourth-order valence-electron chi connectivity index (χ4n) is 3.84. The Balaban J connectivity index is 2.19. The van der Waals surface area contributed by atoms with E-state index in [1.165, 1.54) is 27.8 Å². The molecule has 1 aliphatic carbocycles. The molecule has 0 aliphatic heterocycles. The van der Waals surface area contributed by atoms with E-state index >= 15 is 0 Å². The van der Waals surface area contributed by atoms with Crippen LogP contribution in [-0.2, 0) is 0 Å². The highest BCUT2D eigenvalue weighted by Gasteiger charge is 2.27. The van der Waals surface area contributed by atoms with Gasteiger partial charge in [0, 0.05) is 8.80 Å². The minimum Gasteiger partial charge on any atom is -0.0714 e. The van der Waals surface area contributed by atoms with Crippen molar-refractivity contribution in [1.82, 2.24) is 0 Å². The summed E-state index contributed by atoms with van der Waals surface area (Å²) in [6.07, 6.45) is 2.43. The van der Waals surface area contributed by atoms with Gasteiger partial charge in [0.15, 0.2) is 0 Å². The van der Waals surface area contributed by atoms with Gasteiger partial charge < -0.3 is 0 Å². The minimum atomic E-state index is -0.720. The maximum atomic E-state index is 2.46. The third-order valence-corrected chi connectivity index (χ3v) is 6.76. The van der Waals surface area contributed by atoms with Crippen LogP contribution in [0.4, 0.5) is 0 Å². The van der Waals surface area contributed by atoms with Crippen LogP contribution in [0.5, 0.6) is 0 Å². The second kappa shape index (κ2) is 5.30. The number of hydrogen-bond acceptors (Lipinski definition) is 0. The van der Waals surface area contributed by atoms with E-state index in [4.69, 9.17) is 0 Å². The first-order chi connectivity index (χ1) is 9.97. The van der Waals surface area contributed by atoms with Gasteiger partial charge >= 0.3 is 0 Å². The largest absolute Gasteiger partial charge is 0.0714 e. The zero-order chi connectivity index (χ0) is 15.1. The van der Waals surface area contributed by atoms with E-state index in [2.05, 4.69) is 76.3 Å². The first-order valence-corrected chi connectivity index (χ1v) is 10.8. The smallest absolute Gasteiger partial charge is 0.0439 e. The van der Waals surface area contributed by atoms with Crippen LogP contribution in [0, 0.1) is 13.8 Å². The van der Waals surface area contributed by atoms with Crippen molar-refractivity contribution >= 4 is 14.9 Å². The molecule has 0 nitrogen and oxygen atoms in total. The topological polar surface area (TPSA) is 0 Å². The summed E-state index contributed by atoms with van der Waals surface area (Å²) in [5.41, 5.74) is 10.7. The SMILES string of the molecule is CC1=Cc2c(-c3cc(C)cc(C)c3)cccc2C1[SiH](C)C. The molecular formula is C20H24Si. The molecule has 108 valence electrons. The van der Waals surface area contributed by atoms with Crippen LogP contribution < -0.4 is 0 Å². The molecule has 3 rings (SSSR count). The lowest BCUT2D eigenvalue weighted by Crippen LogP contribution is -2.15. The van der Waals surface area contributed by atoms with E-state index < -0.39 is 8.80 Å². The van der Waals surface area contributed by atoms with Crippen LogP contribution in [0.15, 0.2) is 42.0 Å². The molecule has 0 fully saturated rings. The monoisotopic (exact) mass is 292 g/mol. The Morgan fingerprint density at radius 1 is 0.905 bits per heavy atom. The maximum absolute atomic E-state index is 2.46. The van der Waals surface area contributed by atoms with Crippen LogP contribution in [-0.4, -0.2) is 8.80 Å². The van der Waals surface area contributed by atoms with Crippen LogP contribution >= 0.6 is 0 Å². The van der Waals surface area contributed by atoms with E-state index in [1.807, 2.05) is 0 Å². The summed E-state index contributed by atoms with van der Waals surface area (Å²) >= 11 is 0. The lowest BCUT2D eigenvalue weighted by atomic mass is 9.95. The Morgan fingerprint density at radius 3 is 2.19 bits per heavy atom. The maximum Gasteiger partial charge on any atom is 0.0439 e. The Hall–Kier alpha value is -1.60. The van der Waals surface area contributed by atoms with Gasteiger partial charge in [0.1, 0.15) is 0 Å². The molecule has 2 aromatic carbocycles. The molecule has 1 aliphatic rings. The van der Waals surface area contributed by atoms with Gasteiger partial charge in [0.05, 0.1) is 0 Å². The van der Waals surface area contributed by atoms with Gasteiger partial charge in [-0.1, -0.05) is 72.3 Å². The fraction of sp³-hybridized carbons (Fsp3) is 0.300. The van der Waals surface area contributed by atoms with E-state index in [9.17, 15) is 0 Å². The summed E-state index contributed by atoms with van der Waals surface area (Å²) in [6.45, 7) is 11.6. The number of allylic oxidation sites excluding steroid dienone is 1. The lowest BCUT2D eigenvalue weighted by Gasteiger charge is -2.18. The van der Waals surface area contributed by atoms with Crippen molar-refractivity contribution in [3.05, 3.63) is 64.2 Å². The molecule has 0 spiro atoms. The predicted octanol–water partition coefficient (Wildman–Crippen LogP) is 5.50. The summed E-state index contributed by atoms with van der Waals surface area (Å²) in [5.74, 6) is 0. The first-order valence-electron chi connectivity index (χ1n) is 7.87. The minimum absolute atomic E-state index is 0.714. The molecule has 0 radical (unpaired) electrons. The van der Waals surface area contributed by atoms with Gasteiger partial charge in [-0.05, 0) is 48.6 Å². The van der Waals surface area contributed by atoms with Crippen molar-refractivity contribution in [2.45, 2.75) is 39.4 Å². The average molecular weight is 292 g/mol. The number of fused-ring (bicyclic) bond motifs is 1. The van der Waals surface area contributed by atoms with Crippen molar-refractivity contribution in [2.75, 3.05) is 0 Å². The number of rotatable bonds is 2. The van der Waals surface area contributed by atoms with Crippen LogP contribution in [0.2, 0.25) is 13.1 Å². The van der Waals surface area contributed by atoms with Gasteiger partial charge in [0.2, 0.25) is 0 Å². The van der Waals surface area contributed by atoms with Crippen molar-refractivity contribution in [3.8, 4) is 11.1 Å². The standard InChI is InChI=1S/C20H24Si/c1-13-9-14(2)11-16(10-13)17-7-6-8-18-19(17)12-15(3)20(18)21(4)5/h6-12,20-21H,1-5H3. The number of benzene rings is 2. The molecule has 2 aromatic rings. The molecule has 0 aromatic heterocycles. The van der Waals surface area contributed by atoms with E-state index in [1.54, 1.807) is 11.1 Å². The summed E-state index contributed by atoms with van der Waals surface area (Å²) in [7, 11) is -0.720. The molecule has 1 atom stereocenters. The molecule has 1 heteroatoms. The molecular weight excluding hydrogens is 268 g/mol. The Bertz CT molecular complexity index is 702. The molecule has 0 saturated heterocycles. The van der Waals surface area contributed by atoms with Gasteiger partial charge in [0.25, 0.3) is 0 Å². The van der Waals surface area contributed by atoms with Gasteiger partial charge in [-0.2, -0.15) is 0 Å². The molecule has 0 saturated carbocycles. The van der Waals surface area contributed by atoms with Crippen molar-refractivity contribution in [2.24, 2.45) is 0 Å². The highest BCUT2D eigenvalue weighted by molar-refractivity contribution is 6.58. The van der Waals surface area contributed by atoms with Crippen molar-refractivity contribution in [1.29, 1.82) is 0 Å². The summed E-state index contributed by atoms with van der Waals surface area (Å²) in [5, 5.41) is 0. The molecule has 0 amide bonds. The summed E-state index contributed by atoms with van der Waals surface area (Å²) < 4.78 is 0. The Labute approximate surface area is 130 Å². The average Bonchev–Trinajstić information content (AvgIpc) is 2.73. The summed E-state index contributed by atoms with van der Waals surface area (Å²) in [6, 6.07) is 13.7. The van der Waals surface area contributed by atoms with Crippen molar-refractivity contribution in [3.63, 3.8) is 0 Å². The summed E-state index contributed by atoms with van der Waals surface area (Å²) in [4.78, 5) is 0. The highest BCUT2D eigenvalue weighted by atomic mass is 28.3. The van der Waals surface area contributed by atoms with Crippen molar-refractivity contribution < 1.29 is 0 Å². The number of aryl methyl sites for hydroxylation is 2. The van der Waals surface area contributed by atoms with E-state index in [0.29, 0.717) is 5.54 Å². The zero-order valence-electron chi connectivity index (χ0n) is 13.7. The van der Waals surface area contributed by atoms with Gasteiger partial charge in [-0.15, -0.1) is 0 Å². The molecule has 1 unspecified atom stereocenters. The third-order valence-electron chi connectivity index (χ3n) is 4.54. The normalized spacial score (nSPS) is 17.0. The Morgan fingerprint density at radius 2 is 1.57 bits per heavy atom. The zero-order valence-corrected chi connectivity index (χ0v) is 14.9. The third kappa shape index (κ3) is 2.51. The molecule has 0 bridgehead atoms. The first kappa shape index (κ1) is 14.3. The fourth-order valence-corrected chi connectivity index (χ4v) is 6.00. The van der Waals surface area contributed by atoms with Crippen LogP contribution in [0.3, 0.4) is 0 Å². The van der Waals surface area contributed by atoms with Crippen LogP contribution in [0.25, 0.3) is 17.2 Å². The molecule has 21 heavy (non-hydrogen) atoms. The predicted molar refractivity (Wildman–Crippen MR) is 96.6 cm³/mol. The second-order valence-corrected chi connectivity index (χ2v) is 9.95. The second-order valence-electron chi connectivity index (χ2n) is 6.79. The van der Waals surface area contributed by atoms with E-state index in [-0.39, 0.29) is 0 Å². The van der Waals surface area contributed by atoms with Gasteiger partial charge in [-0.3, -0.25) is 0 Å².